The molecule has 1 saturated carbocycles. The Morgan fingerprint density at radius 3 is 2.35 bits per heavy atom. The summed E-state index contributed by atoms with van der Waals surface area (Å²) in [4.78, 5) is 11.4. The number of esters is 1. The highest BCUT2D eigenvalue weighted by atomic mass is 16.5. The van der Waals surface area contributed by atoms with Crippen molar-refractivity contribution < 1.29 is 9.53 Å². The van der Waals surface area contributed by atoms with E-state index in [2.05, 4.69) is 33.9 Å². The molecule has 0 saturated heterocycles. The molecule has 96 valence electrons. The van der Waals surface area contributed by atoms with E-state index in [9.17, 15) is 4.79 Å². The van der Waals surface area contributed by atoms with Gasteiger partial charge in [-0.2, -0.15) is 0 Å². The topological polar surface area (TPSA) is 26.3 Å². The predicted octanol–water partition coefficient (Wildman–Crippen LogP) is 3.73. The molecule has 1 rings (SSSR count). The van der Waals surface area contributed by atoms with E-state index < -0.39 is 0 Å². The lowest BCUT2D eigenvalue weighted by Gasteiger charge is -2.52. The van der Waals surface area contributed by atoms with Gasteiger partial charge in [0.25, 0.3) is 0 Å². The van der Waals surface area contributed by atoms with Crippen LogP contribution in [0, 0.1) is 17.3 Å². The predicted molar refractivity (Wildman–Crippen MR) is 70.6 cm³/mol. The van der Waals surface area contributed by atoms with Crippen molar-refractivity contribution in [3.63, 3.8) is 0 Å². The first-order valence-corrected chi connectivity index (χ1v) is 6.20. The molecule has 1 aliphatic carbocycles. The maximum absolute atomic E-state index is 11.4. The average molecular weight is 236 g/mol. The Hall–Kier alpha value is -1.05. The van der Waals surface area contributed by atoms with Crippen molar-refractivity contribution in [2.45, 2.75) is 40.5 Å². The van der Waals surface area contributed by atoms with Crippen LogP contribution in [0.25, 0.3) is 0 Å². The SMILES string of the molecule is C=C(C)CC(=O)OC[C@@H]1C[C@H](C(=C)C)C1(C)C. The van der Waals surface area contributed by atoms with Crippen molar-refractivity contribution in [1.29, 1.82) is 0 Å². The molecule has 0 unspecified atom stereocenters. The molecule has 1 aliphatic rings. The zero-order valence-corrected chi connectivity index (χ0v) is 11.5. The Kier molecular flexibility index (Phi) is 4.18. The highest BCUT2D eigenvalue weighted by molar-refractivity contribution is 5.72. The molecule has 0 aromatic heterocycles. The second kappa shape index (κ2) is 5.07. The maximum atomic E-state index is 11.4. The molecular weight excluding hydrogens is 212 g/mol. The summed E-state index contributed by atoms with van der Waals surface area (Å²) in [6.45, 7) is 16.6. The van der Waals surface area contributed by atoms with E-state index >= 15 is 0 Å². The summed E-state index contributed by atoms with van der Waals surface area (Å²) >= 11 is 0. The third-order valence-electron chi connectivity index (χ3n) is 3.96. The highest BCUT2D eigenvalue weighted by Crippen LogP contribution is 2.54. The molecule has 2 heteroatoms. The maximum Gasteiger partial charge on any atom is 0.309 e. The van der Waals surface area contributed by atoms with Gasteiger partial charge in [0.1, 0.15) is 0 Å². The lowest BCUT2D eigenvalue weighted by atomic mass is 9.53. The minimum atomic E-state index is -0.160. The zero-order chi connectivity index (χ0) is 13.2. The van der Waals surface area contributed by atoms with Crippen LogP contribution in [0.3, 0.4) is 0 Å². The first kappa shape index (κ1) is 14.0. The summed E-state index contributed by atoms with van der Waals surface area (Å²) in [5.41, 5.74) is 2.29. The van der Waals surface area contributed by atoms with Crippen molar-refractivity contribution in [1.82, 2.24) is 0 Å². The molecule has 2 atom stereocenters. The van der Waals surface area contributed by atoms with Crippen LogP contribution >= 0.6 is 0 Å². The molecule has 17 heavy (non-hydrogen) atoms. The van der Waals surface area contributed by atoms with E-state index in [-0.39, 0.29) is 11.4 Å². The van der Waals surface area contributed by atoms with Crippen molar-refractivity contribution in [2.24, 2.45) is 17.3 Å². The monoisotopic (exact) mass is 236 g/mol. The molecule has 0 aromatic carbocycles. The lowest BCUT2D eigenvalue weighted by molar-refractivity contribution is -0.149. The Bertz CT molecular complexity index is 339. The molecule has 2 nitrogen and oxygen atoms in total. The molecule has 0 aromatic rings. The third kappa shape index (κ3) is 3.21. The molecule has 0 amide bonds. The Morgan fingerprint density at radius 1 is 1.35 bits per heavy atom. The van der Waals surface area contributed by atoms with Gasteiger partial charge in [-0.05, 0) is 37.5 Å². The summed E-state index contributed by atoms with van der Waals surface area (Å²) in [6, 6.07) is 0. The lowest BCUT2D eigenvalue weighted by Crippen LogP contribution is -2.47. The first-order chi connectivity index (χ1) is 7.75. The quantitative estimate of drug-likeness (QED) is 0.537. The molecule has 0 radical (unpaired) electrons. The van der Waals surface area contributed by atoms with Gasteiger partial charge >= 0.3 is 5.97 Å². The van der Waals surface area contributed by atoms with E-state index in [1.807, 2.05) is 6.92 Å². The van der Waals surface area contributed by atoms with Gasteiger partial charge in [0, 0.05) is 0 Å². The first-order valence-electron chi connectivity index (χ1n) is 6.20. The van der Waals surface area contributed by atoms with Gasteiger partial charge in [-0.15, -0.1) is 0 Å². The number of hydrogen-bond donors (Lipinski definition) is 0. The largest absolute Gasteiger partial charge is 0.465 e. The standard InChI is InChI=1S/C15H24O2/c1-10(2)7-14(16)17-9-12-8-13(11(3)4)15(12,5)6/h12-13H,1,3,7-9H2,2,4-6H3/t12-,13+/m0/s1. The van der Waals surface area contributed by atoms with E-state index in [1.54, 1.807) is 0 Å². The second-order valence-electron chi connectivity index (χ2n) is 5.97. The van der Waals surface area contributed by atoms with Crippen molar-refractivity contribution in [3.05, 3.63) is 24.3 Å². The summed E-state index contributed by atoms with van der Waals surface area (Å²) in [6.07, 6.45) is 1.42. The van der Waals surface area contributed by atoms with Gasteiger partial charge in [0.05, 0.1) is 13.0 Å². The smallest absolute Gasteiger partial charge is 0.309 e. The minimum Gasteiger partial charge on any atom is -0.465 e. The third-order valence-corrected chi connectivity index (χ3v) is 3.96. The molecule has 1 fully saturated rings. The van der Waals surface area contributed by atoms with Crippen LogP contribution in [0.4, 0.5) is 0 Å². The molecule has 0 aliphatic heterocycles. The van der Waals surface area contributed by atoms with Gasteiger partial charge in [-0.3, -0.25) is 4.79 Å². The summed E-state index contributed by atoms with van der Waals surface area (Å²) in [7, 11) is 0. The van der Waals surface area contributed by atoms with E-state index in [1.165, 1.54) is 5.57 Å². The molecule has 0 spiro atoms. The minimum absolute atomic E-state index is 0.160. The van der Waals surface area contributed by atoms with Gasteiger partial charge in [-0.25, -0.2) is 0 Å². The van der Waals surface area contributed by atoms with Crippen LogP contribution in [-0.4, -0.2) is 12.6 Å². The average Bonchev–Trinajstić information content (AvgIpc) is 2.14. The molecular formula is C15H24O2. The number of rotatable bonds is 5. The number of carbonyl (C=O) groups is 1. The van der Waals surface area contributed by atoms with Crippen molar-refractivity contribution in [3.8, 4) is 0 Å². The second-order valence-corrected chi connectivity index (χ2v) is 5.97. The molecule has 0 bridgehead atoms. The number of carbonyl (C=O) groups excluding carboxylic acids is 1. The van der Waals surface area contributed by atoms with Crippen LogP contribution in [0.2, 0.25) is 0 Å². The van der Waals surface area contributed by atoms with Gasteiger partial charge in [-0.1, -0.05) is 38.2 Å². The van der Waals surface area contributed by atoms with Gasteiger partial charge < -0.3 is 4.74 Å². The van der Waals surface area contributed by atoms with Crippen LogP contribution in [-0.2, 0) is 9.53 Å². The normalized spacial score (nSPS) is 25.9. The van der Waals surface area contributed by atoms with Crippen LogP contribution in [0.1, 0.15) is 40.5 Å². The van der Waals surface area contributed by atoms with E-state index in [0.717, 1.165) is 12.0 Å². The number of allylic oxidation sites excluding steroid dienone is 1. The van der Waals surface area contributed by atoms with Gasteiger partial charge in [0.2, 0.25) is 0 Å². The zero-order valence-electron chi connectivity index (χ0n) is 11.5. The Morgan fingerprint density at radius 2 is 1.94 bits per heavy atom. The summed E-state index contributed by atoms with van der Waals surface area (Å²) in [5.74, 6) is 0.859. The number of ether oxygens (including phenoxy) is 1. The van der Waals surface area contributed by atoms with E-state index in [4.69, 9.17) is 4.74 Å². The van der Waals surface area contributed by atoms with Crippen LogP contribution in [0.15, 0.2) is 24.3 Å². The Balaban J connectivity index is 2.38. The Labute approximate surface area is 105 Å². The molecule has 0 N–H and O–H groups in total. The van der Waals surface area contributed by atoms with Gasteiger partial charge in [0.15, 0.2) is 0 Å². The van der Waals surface area contributed by atoms with E-state index in [0.29, 0.717) is 24.9 Å². The fourth-order valence-electron chi connectivity index (χ4n) is 2.63. The number of hydrogen-bond acceptors (Lipinski definition) is 2. The van der Waals surface area contributed by atoms with Crippen LogP contribution < -0.4 is 0 Å². The van der Waals surface area contributed by atoms with Crippen molar-refractivity contribution in [2.75, 3.05) is 6.61 Å². The fraction of sp³-hybridized carbons (Fsp3) is 0.667. The van der Waals surface area contributed by atoms with Crippen LogP contribution in [0.5, 0.6) is 0 Å². The molecule has 0 heterocycles. The summed E-state index contributed by atoms with van der Waals surface area (Å²) in [5, 5.41) is 0. The highest BCUT2D eigenvalue weighted by Gasteiger charge is 2.48. The summed E-state index contributed by atoms with van der Waals surface area (Å²) < 4.78 is 5.29. The fourth-order valence-corrected chi connectivity index (χ4v) is 2.63. The van der Waals surface area contributed by atoms with Crippen molar-refractivity contribution >= 4 is 5.97 Å².